The van der Waals surface area contributed by atoms with E-state index in [2.05, 4.69) is 22.2 Å². The number of benzene rings is 1. The topological polar surface area (TPSA) is 75.4 Å². The molecule has 1 aliphatic heterocycles. The average molecular weight is 426 g/mol. The van der Waals surface area contributed by atoms with E-state index in [9.17, 15) is 9.59 Å². The summed E-state index contributed by atoms with van der Waals surface area (Å²) in [6, 6.07) is 9.63. The van der Waals surface area contributed by atoms with Crippen molar-refractivity contribution >= 4 is 11.7 Å². The lowest BCUT2D eigenvalue weighted by Gasteiger charge is -2.29. The molecule has 1 saturated heterocycles. The first-order valence-corrected chi connectivity index (χ1v) is 11.6. The molecule has 1 N–H and O–H groups in total. The molecule has 0 spiro atoms. The maximum atomic E-state index is 12.9. The molecule has 1 aromatic carbocycles. The van der Waals surface area contributed by atoms with Gasteiger partial charge in [0.2, 0.25) is 11.8 Å². The Kier molecular flexibility index (Phi) is 8.83. The van der Waals surface area contributed by atoms with Crippen molar-refractivity contribution in [3.05, 3.63) is 42.4 Å². The number of oxazole rings is 1. The summed E-state index contributed by atoms with van der Waals surface area (Å²) in [4.78, 5) is 31.2. The van der Waals surface area contributed by atoms with Gasteiger partial charge in [-0.3, -0.25) is 9.59 Å². The number of likely N-dealkylation sites (tertiary alicyclic amines) is 1. The van der Waals surface area contributed by atoms with E-state index in [0.717, 1.165) is 57.2 Å². The lowest BCUT2D eigenvalue weighted by Crippen LogP contribution is -2.40. The molecule has 2 aromatic rings. The predicted molar refractivity (Wildman–Crippen MR) is 121 cm³/mol. The van der Waals surface area contributed by atoms with Gasteiger partial charge in [-0.15, -0.1) is 0 Å². The fourth-order valence-electron chi connectivity index (χ4n) is 4.03. The van der Waals surface area contributed by atoms with Crippen molar-refractivity contribution in [1.82, 2.24) is 15.2 Å². The second-order valence-corrected chi connectivity index (χ2v) is 8.56. The Hall–Kier alpha value is -2.47. The number of hydrogen-bond donors (Lipinski definition) is 1. The van der Waals surface area contributed by atoms with Crippen LogP contribution in [0, 0.1) is 5.92 Å². The van der Waals surface area contributed by atoms with Crippen molar-refractivity contribution in [2.45, 2.75) is 64.3 Å². The van der Waals surface area contributed by atoms with Crippen LogP contribution in [0.15, 0.2) is 40.9 Å². The number of nitrogens with zero attached hydrogens (tertiary/aromatic N) is 2. The zero-order chi connectivity index (χ0) is 22.1. The van der Waals surface area contributed by atoms with Gasteiger partial charge in [0.05, 0.1) is 6.20 Å². The quantitative estimate of drug-likeness (QED) is 0.525. The van der Waals surface area contributed by atoms with Crippen LogP contribution in [0.1, 0.15) is 70.2 Å². The number of unbranched alkanes of at least 4 members (excludes halogenated alkanes) is 2. The molecule has 1 fully saturated rings. The molecule has 3 rings (SSSR count). The Balaban J connectivity index is 1.63. The van der Waals surface area contributed by atoms with Crippen molar-refractivity contribution in [3.63, 3.8) is 0 Å². The van der Waals surface area contributed by atoms with Crippen LogP contribution < -0.4 is 5.32 Å². The fraction of sp³-hybridized carbons (Fsp3) is 0.560. The van der Waals surface area contributed by atoms with E-state index >= 15 is 0 Å². The van der Waals surface area contributed by atoms with Crippen LogP contribution in [0.25, 0.3) is 11.3 Å². The Morgan fingerprint density at radius 1 is 1.16 bits per heavy atom. The molecule has 31 heavy (non-hydrogen) atoms. The number of carbonyl (C=O) groups is 2. The van der Waals surface area contributed by atoms with Gasteiger partial charge < -0.3 is 14.6 Å². The van der Waals surface area contributed by atoms with Gasteiger partial charge in [-0.1, -0.05) is 50.1 Å². The van der Waals surface area contributed by atoms with E-state index in [4.69, 9.17) is 4.42 Å². The van der Waals surface area contributed by atoms with E-state index in [1.807, 2.05) is 37.3 Å². The van der Waals surface area contributed by atoms with Crippen LogP contribution in [-0.2, 0) is 9.59 Å². The highest BCUT2D eigenvalue weighted by atomic mass is 16.4. The van der Waals surface area contributed by atoms with Gasteiger partial charge in [-0.05, 0) is 45.8 Å². The lowest BCUT2D eigenvalue weighted by molar-refractivity contribution is -0.127. The van der Waals surface area contributed by atoms with Gasteiger partial charge >= 0.3 is 0 Å². The molecule has 1 amide bonds. The number of piperidine rings is 1. The zero-order valence-electron chi connectivity index (χ0n) is 18.8. The molecule has 6 nitrogen and oxygen atoms in total. The number of nitrogens with one attached hydrogen (secondary N) is 1. The Morgan fingerprint density at radius 2 is 1.90 bits per heavy atom. The van der Waals surface area contributed by atoms with Crippen molar-refractivity contribution in [3.8, 4) is 11.3 Å². The van der Waals surface area contributed by atoms with Crippen LogP contribution in [-0.4, -0.2) is 41.7 Å². The molecule has 0 unspecified atom stereocenters. The SMILES string of the molecule is CCC(=O)CCCCC[C@H](NC(=O)C1CCN(C)CC1)c1ncc(-c2ccccc2)o1. The minimum atomic E-state index is -0.244. The molecule has 1 aromatic heterocycles. The third-order valence-electron chi connectivity index (χ3n) is 6.13. The summed E-state index contributed by atoms with van der Waals surface area (Å²) >= 11 is 0. The normalized spacial score (nSPS) is 16.2. The maximum absolute atomic E-state index is 12.9. The highest BCUT2D eigenvalue weighted by Gasteiger charge is 2.27. The predicted octanol–water partition coefficient (Wildman–Crippen LogP) is 4.77. The lowest BCUT2D eigenvalue weighted by atomic mass is 9.95. The second-order valence-electron chi connectivity index (χ2n) is 8.56. The highest BCUT2D eigenvalue weighted by molar-refractivity contribution is 5.79. The zero-order valence-corrected chi connectivity index (χ0v) is 18.8. The van der Waals surface area contributed by atoms with Gasteiger partial charge in [0, 0.05) is 24.3 Å². The van der Waals surface area contributed by atoms with Gasteiger partial charge in [-0.25, -0.2) is 4.98 Å². The third-order valence-corrected chi connectivity index (χ3v) is 6.13. The molecule has 1 aliphatic rings. The van der Waals surface area contributed by atoms with Crippen LogP contribution in [0.5, 0.6) is 0 Å². The van der Waals surface area contributed by atoms with Crippen molar-refractivity contribution < 1.29 is 14.0 Å². The largest absolute Gasteiger partial charge is 0.438 e. The Bertz CT molecular complexity index is 826. The molecule has 0 aliphatic carbocycles. The second kappa shape index (κ2) is 11.8. The average Bonchev–Trinajstić information content (AvgIpc) is 3.29. The smallest absolute Gasteiger partial charge is 0.223 e. The number of Topliss-reactive ketones (excluding diaryl/α,β-unsaturated/α-hetero) is 1. The summed E-state index contributed by atoms with van der Waals surface area (Å²) < 4.78 is 6.06. The monoisotopic (exact) mass is 425 g/mol. The summed E-state index contributed by atoms with van der Waals surface area (Å²) in [6.45, 7) is 3.81. The first kappa shape index (κ1) is 23.2. The van der Waals surface area contributed by atoms with Crippen molar-refractivity contribution in [2.75, 3.05) is 20.1 Å². The minimum Gasteiger partial charge on any atom is -0.438 e. The van der Waals surface area contributed by atoms with E-state index < -0.39 is 0 Å². The molecule has 6 heteroatoms. The van der Waals surface area contributed by atoms with Gasteiger partial charge in [-0.2, -0.15) is 0 Å². The first-order valence-electron chi connectivity index (χ1n) is 11.6. The van der Waals surface area contributed by atoms with E-state index in [1.165, 1.54) is 0 Å². The van der Waals surface area contributed by atoms with Gasteiger partial charge in [0.1, 0.15) is 11.8 Å². The number of amides is 1. The minimum absolute atomic E-state index is 0.0458. The van der Waals surface area contributed by atoms with Crippen LogP contribution in [0.2, 0.25) is 0 Å². The summed E-state index contributed by atoms with van der Waals surface area (Å²) in [5, 5.41) is 3.21. The summed E-state index contributed by atoms with van der Waals surface area (Å²) in [5.41, 5.74) is 0.972. The molecule has 1 atom stereocenters. The van der Waals surface area contributed by atoms with Crippen LogP contribution in [0.3, 0.4) is 0 Å². The van der Waals surface area contributed by atoms with Gasteiger partial charge in [0.25, 0.3) is 0 Å². The number of aromatic nitrogens is 1. The summed E-state index contributed by atoms with van der Waals surface area (Å²) in [6.07, 6.45) is 8.27. The highest BCUT2D eigenvalue weighted by Crippen LogP contribution is 2.27. The van der Waals surface area contributed by atoms with Crippen molar-refractivity contribution in [1.29, 1.82) is 0 Å². The number of ketones is 1. The Morgan fingerprint density at radius 3 is 2.61 bits per heavy atom. The number of rotatable bonds is 11. The van der Waals surface area contributed by atoms with Crippen LogP contribution >= 0.6 is 0 Å². The van der Waals surface area contributed by atoms with Crippen molar-refractivity contribution in [2.24, 2.45) is 5.92 Å². The standard InChI is InChI=1S/C25H35N3O3/c1-3-21(29)12-8-5-9-13-22(27-24(30)20-14-16-28(2)17-15-20)25-26-18-23(31-25)19-10-6-4-7-11-19/h4,6-7,10-11,18,20,22H,3,5,8-9,12-17H2,1-2H3,(H,27,30)/t22-/m0/s1. The first-order chi connectivity index (χ1) is 15.1. The fourth-order valence-corrected chi connectivity index (χ4v) is 4.03. The molecular formula is C25H35N3O3. The molecular weight excluding hydrogens is 390 g/mol. The van der Waals surface area contributed by atoms with Gasteiger partial charge in [0.15, 0.2) is 5.76 Å². The molecule has 0 saturated carbocycles. The molecule has 0 bridgehead atoms. The maximum Gasteiger partial charge on any atom is 0.223 e. The van der Waals surface area contributed by atoms with E-state index in [1.54, 1.807) is 6.20 Å². The molecule has 168 valence electrons. The third kappa shape index (κ3) is 7.03. The van der Waals surface area contributed by atoms with E-state index in [-0.39, 0.29) is 17.9 Å². The molecule has 2 heterocycles. The number of hydrogen-bond acceptors (Lipinski definition) is 5. The summed E-state index contributed by atoms with van der Waals surface area (Å²) in [7, 11) is 2.10. The number of carbonyl (C=O) groups excluding carboxylic acids is 2. The summed E-state index contributed by atoms with van der Waals surface area (Å²) in [5.74, 6) is 1.72. The Labute approximate surface area is 185 Å². The van der Waals surface area contributed by atoms with E-state index in [0.29, 0.717) is 30.3 Å². The van der Waals surface area contributed by atoms with Crippen LogP contribution in [0.4, 0.5) is 0 Å². The molecule has 0 radical (unpaired) electrons.